The third-order valence-corrected chi connectivity index (χ3v) is 6.33. The largest absolute Gasteiger partial charge is 0.380 e. The van der Waals surface area contributed by atoms with Crippen molar-refractivity contribution in [3.8, 4) is 0 Å². The van der Waals surface area contributed by atoms with Gasteiger partial charge in [0.2, 0.25) is 0 Å². The fourth-order valence-corrected chi connectivity index (χ4v) is 4.70. The van der Waals surface area contributed by atoms with E-state index in [0.29, 0.717) is 22.1 Å². The fraction of sp³-hybridized carbons (Fsp3) is 0.250. The normalized spacial score (nSPS) is 19.1. The Morgan fingerprint density at radius 1 is 0.667 bits per heavy atom. The zero-order valence-corrected chi connectivity index (χ0v) is 17.9. The molecule has 1 aliphatic rings. The molecule has 0 amide bonds. The third-order valence-electron chi connectivity index (χ3n) is 5.86. The Morgan fingerprint density at radius 2 is 1.13 bits per heavy atom. The lowest BCUT2D eigenvalue weighted by atomic mass is 9.89. The summed E-state index contributed by atoms with van der Waals surface area (Å²) in [6, 6.07) is 16.5. The summed E-state index contributed by atoms with van der Waals surface area (Å²) < 4.78 is 0. The molecule has 1 saturated carbocycles. The first-order chi connectivity index (χ1) is 14.7. The topological polar surface area (TPSA) is 49.8 Å². The molecule has 0 bridgehead atoms. The van der Waals surface area contributed by atoms with Gasteiger partial charge in [-0.05, 0) is 61.4 Å². The Hall–Kier alpha value is -2.56. The van der Waals surface area contributed by atoms with Crippen LogP contribution in [0.15, 0.2) is 60.9 Å². The average molecular weight is 437 g/mol. The Labute approximate surface area is 185 Å². The van der Waals surface area contributed by atoms with Gasteiger partial charge in [0.05, 0.1) is 11.0 Å². The van der Waals surface area contributed by atoms with E-state index in [4.69, 9.17) is 23.2 Å². The molecule has 2 aromatic heterocycles. The van der Waals surface area contributed by atoms with Crippen LogP contribution in [-0.2, 0) is 0 Å². The molecule has 2 heterocycles. The molecule has 2 aromatic carbocycles. The quantitative estimate of drug-likeness (QED) is 0.364. The number of hydrogen-bond acceptors (Lipinski definition) is 4. The molecular weight excluding hydrogens is 415 g/mol. The van der Waals surface area contributed by atoms with E-state index in [1.54, 1.807) is 0 Å². The number of anilines is 2. The Balaban J connectivity index is 1.44. The van der Waals surface area contributed by atoms with Crippen molar-refractivity contribution in [2.24, 2.45) is 0 Å². The van der Waals surface area contributed by atoms with Gasteiger partial charge in [-0.3, -0.25) is 9.97 Å². The third kappa shape index (κ3) is 3.90. The van der Waals surface area contributed by atoms with Crippen molar-refractivity contribution in [3.63, 3.8) is 0 Å². The van der Waals surface area contributed by atoms with E-state index in [-0.39, 0.29) is 0 Å². The SMILES string of the molecule is Clc1ccc2c(N[C@@H]3CCCC[C@H]3Nc3ccnc4cc(Cl)ccc34)ccnc2c1. The standard InChI is InChI=1S/C24H22Cl2N4/c25-15-5-7-17-19(9-11-27-23(17)13-15)29-21-3-1-2-4-22(21)30-20-10-12-28-24-14-16(26)6-8-18(20)24/h5-14,21-22H,1-4H2,(H,27,29)(H,28,30)/t21-,22-/m1/s1. The molecule has 1 aliphatic carbocycles. The lowest BCUT2D eigenvalue weighted by Crippen LogP contribution is -2.41. The molecule has 0 unspecified atom stereocenters. The average Bonchev–Trinajstić information content (AvgIpc) is 2.75. The van der Waals surface area contributed by atoms with Crippen molar-refractivity contribution in [2.75, 3.05) is 10.6 Å². The van der Waals surface area contributed by atoms with Gasteiger partial charge in [0.15, 0.2) is 0 Å². The van der Waals surface area contributed by atoms with Gasteiger partial charge < -0.3 is 10.6 Å². The summed E-state index contributed by atoms with van der Waals surface area (Å²) in [5, 5.41) is 11.2. The van der Waals surface area contributed by atoms with Gasteiger partial charge in [-0.15, -0.1) is 0 Å². The minimum atomic E-state index is 0.315. The highest BCUT2D eigenvalue weighted by Crippen LogP contribution is 2.31. The highest BCUT2D eigenvalue weighted by molar-refractivity contribution is 6.31. The van der Waals surface area contributed by atoms with Gasteiger partial charge >= 0.3 is 0 Å². The summed E-state index contributed by atoms with van der Waals surface area (Å²) >= 11 is 12.3. The predicted octanol–water partition coefficient (Wildman–Crippen LogP) is 6.93. The summed E-state index contributed by atoms with van der Waals surface area (Å²) in [5.74, 6) is 0. The molecule has 0 spiro atoms. The molecule has 6 heteroatoms. The molecule has 0 aliphatic heterocycles. The Morgan fingerprint density at radius 3 is 1.60 bits per heavy atom. The lowest BCUT2D eigenvalue weighted by Gasteiger charge is -2.34. The van der Waals surface area contributed by atoms with Crippen LogP contribution in [0.1, 0.15) is 25.7 Å². The van der Waals surface area contributed by atoms with Gasteiger partial charge in [-0.25, -0.2) is 0 Å². The molecule has 2 atom stereocenters. The van der Waals surface area contributed by atoms with Crippen molar-refractivity contribution >= 4 is 56.4 Å². The van der Waals surface area contributed by atoms with Crippen LogP contribution in [0.3, 0.4) is 0 Å². The Kier molecular flexibility index (Phi) is 5.36. The maximum Gasteiger partial charge on any atom is 0.0737 e. The number of pyridine rings is 2. The molecular formula is C24H22Cl2N4. The highest BCUT2D eigenvalue weighted by Gasteiger charge is 2.26. The van der Waals surface area contributed by atoms with E-state index >= 15 is 0 Å². The minimum absolute atomic E-state index is 0.315. The maximum absolute atomic E-state index is 6.15. The monoisotopic (exact) mass is 436 g/mol. The smallest absolute Gasteiger partial charge is 0.0737 e. The lowest BCUT2D eigenvalue weighted by molar-refractivity contribution is 0.424. The van der Waals surface area contributed by atoms with E-state index < -0.39 is 0 Å². The van der Waals surface area contributed by atoms with Crippen molar-refractivity contribution in [1.82, 2.24) is 9.97 Å². The molecule has 0 radical (unpaired) electrons. The van der Waals surface area contributed by atoms with Crippen LogP contribution >= 0.6 is 23.2 Å². The molecule has 4 nitrogen and oxygen atoms in total. The maximum atomic E-state index is 6.15. The van der Waals surface area contributed by atoms with Gasteiger partial charge in [-0.2, -0.15) is 0 Å². The Bertz CT molecular complexity index is 1120. The minimum Gasteiger partial charge on any atom is -0.380 e. The highest BCUT2D eigenvalue weighted by atomic mass is 35.5. The van der Waals surface area contributed by atoms with Gasteiger partial charge in [0.1, 0.15) is 0 Å². The van der Waals surface area contributed by atoms with E-state index in [0.717, 1.165) is 46.0 Å². The first-order valence-electron chi connectivity index (χ1n) is 10.3. The zero-order valence-electron chi connectivity index (χ0n) is 16.4. The number of halogens is 2. The molecule has 0 saturated heterocycles. The van der Waals surface area contributed by atoms with Crippen molar-refractivity contribution in [3.05, 3.63) is 71.0 Å². The summed E-state index contributed by atoms with van der Waals surface area (Å²) in [7, 11) is 0. The summed E-state index contributed by atoms with van der Waals surface area (Å²) in [5.41, 5.74) is 4.01. The van der Waals surface area contributed by atoms with Gasteiger partial charge in [0, 0.05) is 56.7 Å². The van der Waals surface area contributed by atoms with Crippen LogP contribution in [0.5, 0.6) is 0 Å². The van der Waals surface area contributed by atoms with Crippen LogP contribution < -0.4 is 10.6 Å². The molecule has 1 fully saturated rings. The van der Waals surface area contributed by atoms with Crippen molar-refractivity contribution < 1.29 is 0 Å². The van der Waals surface area contributed by atoms with Gasteiger partial charge in [0.25, 0.3) is 0 Å². The zero-order chi connectivity index (χ0) is 20.5. The number of benzene rings is 2. The van der Waals surface area contributed by atoms with E-state index in [9.17, 15) is 0 Å². The number of nitrogens with zero attached hydrogens (tertiary/aromatic N) is 2. The molecule has 152 valence electrons. The summed E-state index contributed by atoms with van der Waals surface area (Å²) in [6.07, 6.45) is 8.35. The fourth-order valence-electron chi connectivity index (χ4n) is 4.37. The van der Waals surface area contributed by atoms with Crippen LogP contribution in [0.2, 0.25) is 10.0 Å². The summed E-state index contributed by atoms with van der Waals surface area (Å²) in [4.78, 5) is 8.93. The van der Waals surface area contributed by atoms with Crippen LogP contribution in [0.25, 0.3) is 21.8 Å². The number of aromatic nitrogens is 2. The first-order valence-corrected chi connectivity index (χ1v) is 11.0. The van der Waals surface area contributed by atoms with Crippen molar-refractivity contribution in [1.29, 1.82) is 0 Å². The molecule has 4 aromatic rings. The second-order valence-electron chi connectivity index (χ2n) is 7.83. The predicted molar refractivity (Wildman–Crippen MR) is 127 cm³/mol. The van der Waals surface area contributed by atoms with Crippen LogP contribution in [0, 0.1) is 0 Å². The molecule has 2 N–H and O–H groups in total. The number of rotatable bonds is 4. The first kappa shape index (κ1) is 19.4. The number of nitrogens with one attached hydrogen (secondary N) is 2. The van der Waals surface area contributed by atoms with Gasteiger partial charge in [-0.1, -0.05) is 36.0 Å². The second kappa shape index (κ2) is 8.29. The molecule has 5 rings (SSSR count). The van der Waals surface area contributed by atoms with Crippen molar-refractivity contribution in [2.45, 2.75) is 37.8 Å². The van der Waals surface area contributed by atoms with Crippen LogP contribution in [-0.4, -0.2) is 22.1 Å². The van der Waals surface area contributed by atoms with Crippen LogP contribution in [0.4, 0.5) is 11.4 Å². The number of hydrogen-bond donors (Lipinski definition) is 2. The van der Waals surface area contributed by atoms with E-state index in [1.807, 2.05) is 60.9 Å². The van der Waals surface area contributed by atoms with E-state index in [1.165, 1.54) is 12.8 Å². The van der Waals surface area contributed by atoms with E-state index in [2.05, 4.69) is 20.6 Å². The number of fused-ring (bicyclic) bond motifs is 2. The molecule has 30 heavy (non-hydrogen) atoms. The summed E-state index contributed by atoms with van der Waals surface area (Å²) in [6.45, 7) is 0. The second-order valence-corrected chi connectivity index (χ2v) is 8.70.